The van der Waals surface area contributed by atoms with Crippen molar-refractivity contribution in [2.24, 2.45) is 5.92 Å². The van der Waals surface area contributed by atoms with E-state index in [4.69, 9.17) is 32.7 Å². The molecule has 0 spiro atoms. The molecule has 1 atom stereocenters. The zero-order chi connectivity index (χ0) is 16.4. The second-order valence-electron chi connectivity index (χ2n) is 5.27. The average Bonchev–Trinajstić information content (AvgIpc) is 2.95. The molecule has 3 rings (SSSR count). The molecule has 0 saturated heterocycles. The largest absolute Gasteiger partial charge is 0.484 e. The number of hydrogen-bond donors (Lipinski definition) is 0. The van der Waals surface area contributed by atoms with Crippen LogP contribution in [-0.4, -0.2) is 27.8 Å². The monoisotopic (exact) mass is 355 g/mol. The van der Waals surface area contributed by atoms with Crippen molar-refractivity contribution in [1.29, 1.82) is 0 Å². The van der Waals surface area contributed by atoms with Crippen molar-refractivity contribution >= 4 is 29.2 Å². The average molecular weight is 356 g/mol. The maximum atomic E-state index is 11.7. The lowest BCUT2D eigenvalue weighted by Crippen LogP contribution is -2.29. The maximum absolute atomic E-state index is 11.7. The minimum absolute atomic E-state index is 0.179. The first-order chi connectivity index (χ1) is 11.1. The fourth-order valence-electron chi connectivity index (χ4n) is 2.58. The summed E-state index contributed by atoms with van der Waals surface area (Å²) in [5, 5.41) is 9.28. The minimum atomic E-state index is -0.211. The Hall–Kier alpha value is -1.79. The molecule has 0 bridgehead atoms. The summed E-state index contributed by atoms with van der Waals surface area (Å²) in [6.45, 7) is 0.713. The predicted octanol–water partition coefficient (Wildman–Crippen LogP) is 2.90. The van der Waals surface area contributed by atoms with Gasteiger partial charge in [-0.1, -0.05) is 23.2 Å². The summed E-state index contributed by atoms with van der Waals surface area (Å²) in [7, 11) is 1.40. The van der Waals surface area contributed by atoms with Gasteiger partial charge in [-0.2, -0.15) is 0 Å². The quantitative estimate of drug-likeness (QED) is 0.788. The smallest absolute Gasteiger partial charge is 0.310 e. The lowest BCUT2D eigenvalue weighted by atomic mass is 9.99. The fraction of sp³-hybridized carbons (Fsp3) is 0.400. The fourth-order valence-corrected chi connectivity index (χ4v) is 3.05. The first kappa shape index (κ1) is 16.1. The molecule has 8 heteroatoms. The van der Waals surface area contributed by atoms with Gasteiger partial charge in [0.15, 0.2) is 5.82 Å². The van der Waals surface area contributed by atoms with Gasteiger partial charge >= 0.3 is 5.97 Å². The molecule has 0 saturated carbocycles. The number of aryl methyl sites for hydroxylation is 1. The number of nitrogens with zero attached hydrogens (tertiary/aromatic N) is 3. The molecule has 6 nitrogen and oxygen atoms in total. The van der Waals surface area contributed by atoms with Crippen LogP contribution in [-0.2, 0) is 29.1 Å². The van der Waals surface area contributed by atoms with E-state index in [1.54, 1.807) is 18.2 Å². The summed E-state index contributed by atoms with van der Waals surface area (Å²) in [5.41, 5.74) is 0. The van der Waals surface area contributed by atoms with E-state index in [2.05, 4.69) is 10.2 Å². The second kappa shape index (κ2) is 6.76. The molecule has 0 N–H and O–H groups in total. The number of benzene rings is 1. The van der Waals surface area contributed by atoms with Gasteiger partial charge in [-0.15, -0.1) is 10.2 Å². The highest BCUT2D eigenvalue weighted by atomic mass is 35.5. The molecule has 2 aromatic rings. The van der Waals surface area contributed by atoms with Crippen LogP contribution in [0.15, 0.2) is 18.2 Å². The maximum Gasteiger partial charge on any atom is 0.310 e. The third kappa shape index (κ3) is 3.43. The van der Waals surface area contributed by atoms with E-state index in [9.17, 15) is 4.79 Å². The van der Waals surface area contributed by atoms with Crippen LogP contribution < -0.4 is 4.74 Å². The van der Waals surface area contributed by atoms with Crippen LogP contribution in [0.4, 0.5) is 0 Å². The zero-order valence-electron chi connectivity index (χ0n) is 12.5. The van der Waals surface area contributed by atoms with Crippen molar-refractivity contribution in [2.75, 3.05) is 7.11 Å². The number of hydrogen-bond acceptors (Lipinski definition) is 5. The van der Waals surface area contributed by atoms with Gasteiger partial charge in [-0.05, 0) is 24.6 Å². The number of fused-ring (bicyclic) bond motifs is 1. The van der Waals surface area contributed by atoms with E-state index in [0.717, 1.165) is 5.82 Å². The summed E-state index contributed by atoms with van der Waals surface area (Å²) >= 11 is 11.9. The Morgan fingerprint density at radius 1 is 1.39 bits per heavy atom. The van der Waals surface area contributed by atoms with Crippen molar-refractivity contribution in [3.8, 4) is 5.75 Å². The SMILES string of the molecule is COC(=O)C1CCc2nnc(COc3ccc(Cl)cc3Cl)n2C1. The standard InChI is InChI=1S/C15H15Cl2N3O3/c1-22-15(21)9-2-5-13-18-19-14(20(13)7-9)8-23-12-4-3-10(16)6-11(12)17/h3-4,6,9H,2,5,7-8H2,1H3. The second-order valence-corrected chi connectivity index (χ2v) is 6.11. The van der Waals surface area contributed by atoms with E-state index in [1.165, 1.54) is 7.11 Å². The van der Waals surface area contributed by atoms with Gasteiger partial charge in [0.2, 0.25) is 0 Å². The summed E-state index contributed by atoms with van der Waals surface area (Å²) in [4.78, 5) is 11.7. The summed E-state index contributed by atoms with van der Waals surface area (Å²) in [6.07, 6.45) is 1.41. The Balaban J connectivity index is 1.73. The van der Waals surface area contributed by atoms with Crippen molar-refractivity contribution in [3.05, 3.63) is 39.9 Å². The Morgan fingerprint density at radius 2 is 2.22 bits per heavy atom. The van der Waals surface area contributed by atoms with Crippen molar-refractivity contribution in [1.82, 2.24) is 14.8 Å². The van der Waals surface area contributed by atoms with E-state index < -0.39 is 0 Å². The van der Waals surface area contributed by atoms with Gasteiger partial charge in [0.1, 0.15) is 18.2 Å². The van der Waals surface area contributed by atoms with Gasteiger partial charge in [-0.3, -0.25) is 4.79 Å². The third-order valence-corrected chi connectivity index (χ3v) is 4.34. The topological polar surface area (TPSA) is 66.2 Å². The lowest BCUT2D eigenvalue weighted by molar-refractivity contribution is -0.146. The van der Waals surface area contributed by atoms with Crippen LogP contribution >= 0.6 is 23.2 Å². The van der Waals surface area contributed by atoms with Crippen molar-refractivity contribution in [3.63, 3.8) is 0 Å². The first-order valence-corrected chi connectivity index (χ1v) is 7.90. The molecule has 122 valence electrons. The molecule has 0 aliphatic carbocycles. The predicted molar refractivity (Wildman–Crippen MR) is 84.6 cm³/mol. The molecular formula is C15H15Cl2N3O3. The van der Waals surface area contributed by atoms with Crippen LogP contribution in [0.25, 0.3) is 0 Å². The van der Waals surface area contributed by atoms with Crippen molar-refractivity contribution in [2.45, 2.75) is 26.0 Å². The van der Waals surface area contributed by atoms with E-state index in [-0.39, 0.29) is 18.5 Å². The molecule has 1 aliphatic rings. The summed E-state index contributed by atoms with van der Waals surface area (Å²) in [5.74, 6) is 1.64. The van der Waals surface area contributed by atoms with Crippen LogP contribution in [0.2, 0.25) is 10.0 Å². The molecule has 1 aromatic carbocycles. The van der Waals surface area contributed by atoms with Gasteiger partial charge in [-0.25, -0.2) is 0 Å². The number of aromatic nitrogens is 3. The highest BCUT2D eigenvalue weighted by Crippen LogP contribution is 2.28. The number of ether oxygens (including phenoxy) is 2. The molecule has 2 heterocycles. The molecule has 0 fully saturated rings. The van der Waals surface area contributed by atoms with Crippen molar-refractivity contribution < 1.29 is 14.3 Å². The molecular weight excluding hydrogens is 341 g/mol. The molecule has 1 aliphatic heterocycles. The number of halogens is 2. The minimum Gasteiger partial charge on any atom is -0.484 e. The summed E-state index contributed by atoms with van der Waals surface area (Å²) < 4.78 is 12.4. The highest BCUT2D eigenvalue weighted by Gasteiger charge is 2.28. The van der Waals surface area contributed by atoms with E-state index in [0.29, 0.717) is 41.0 Å². The van der Waals surface area contributed by atoms with Gasteiger partial charge in [0.25, 0.3) is 0 Å². The number of methoxy groups -OCH3 is 1. The van der Waals surface area contributed by atoms with Crippen LogP contribution in [0.5, 0.6) is 5.75 Å². The van der Waals surface area contributed by atoms with Gasteiger partial charge in [0, 0.05) is 18.0 Å². The van der Waals surface area contributed by atoms with Crippen LogP contribution in [0, 0.1) is 5.92 Å². The third-order valence-electron chi connectivity index (χ3n) is 3.81. The molecule has 0 amide bonds. The molecule has 23 heavy (non-hydrogen) atoms. The Kier molecular flexibility index (Phi) is 4.73. The van der Waals surface area contributed by atoms with Gasteiger partial charge < -0.3 is 14.0 Å². The molecule has 0 radical (unpaired) electrons. The van der Waals surface area contributed by atoms with Gasteiger partial charge in [0.05, 0.1) is 18.1 Å². The van der Waals surface area contributed by atoms with Crippen LogP contribution in [0.1, 0.15) is 18.1 Å². The number of carbonyl (C=O) groups is 1. The van der Waals surface area contributed by atoms with E-state index in [1.807, 2.05) is 4.57 Å². The Labute approximate surface area is 143 Å². The summed E-state index contributed by atoms with van der Waals surface area (Å²) in [6, 6.07) is 5.02. The first-order valence-electron chi connectivity index (χ1n) is 7.15. The number of esters is 1. The van der Waals surface area contributed by atoms with Crippen LogP contribution in [0.3, 0.4) is 0 Å². The highest BCUT2D eigenvalue weighted by molar-refractivity contribution is 6.35. The normalized spacial score (nSPS) is 16.7. The molecule has 1 aromatic heterocycles. The molecule has 1 unspecified atom stereocenters. The number of rotatable bonds is 4. The zero-order valence-corrected chi connectivity index (χ0v) is 14.0. The Bertz CT molecular complexity index is 733. The lowest BCUT2D eigenvalue weighted by Gasteiger charge is -2.22. The van der Waals surface area contributed by atoms with E-state index >= 15 is 0 Å². The number of carbonyl (C=O) groups excluding carboxylic acids is 1. The Morgan fingerprint density at radius 3 is 2.96 bits per heavy atom.